The van der Waals surface area contributed by atoms with Crippen molar-refractivity contribution in [2.75, 3.05) is 5.32 Å². The molecule has 2 aromatic heterocycles. The Kier molecular flexibility index (Phi) is 3.86. The van der Waals surface area contributed by atoms with Crippen LogP contribution in [0.4, 0.5) is 16.0 Å². The summed E-state index contributed by atoms with van der Waals surface area (Å²) in [5.41, 5.74) is 2.73. The number of hydrogen-bond acceptors (Lipinski definition) is 5. The van der Waals surface area contributed by atoms with Gasteiger partial charge in [-0.15, -0.1) is 0 Å². The lowest BCUT2D eigenvalue weighted by molar-refractivity contribution is 0.619. The maximum atomic E-state index is 14.1. The molecule has 0 bridgehead atoms. The smallest absolute Gasteiger partial charge is 0.184 e. The number of rotatable bonds is 5. The van der Waals surface area contributed by atoms with Crippen LogP contribution in [-0.4, -0.2) is 20.2 Å². The third-order valence-corrected chi connectivity index (χ3v) is 4.10. The maximum absolute atomic E-state index is 14.1. The number of halogens is 1. The van der Waals surface area contributed by atoms with E-state index < -0.39 is 5.82 Å². The van der Waals surface area contributed by atoms with Crippen molar-refractivity contribution in [3.8, 4) is 17.5 Å². The molecule has 0 spiro atoms. The predicted octanol–water partition coefficient (Wildman–Crippen LogP) is 4.18. The number of nitriles is 1. The van der Waals surface area contributed by atoms with Gasteiger partial charge in [0.25, 0.3) is 0 Å². The van der Waals surface area contributed by atoms with Crippen molar-refractivity contribution >= 4 is 11.6 Å². The van der Waals surface area contributed by atoms with Crippen molar-refractivity contribution in [1.29, 1.82) is 5.26 Å². The number of H-pyrrole nitrogens is 1. The minimum Gasteiger partial charge on any atom is -0.321 e. The second kappa shape index (κ2) is 6.32. The molecule has 1 aromatic carbocycles. The predicted molar refractivity (Wildman–Crippen MR) is 94.8 cm³/mol. The summed E-state index contributed by atoms with van der Waals surface area (Å²) in [5.74, 6) is 1.03. The Bertz CT molecular complexity index is 947. The van der Waals surface area contributed by atoms with Gasteiger partial charge in [-0.1, -0.05) is 24.3 Å². The van der Waals surface area contributed by atoms with E-state index in [9.17, 15) is 4.39 Å². The van der Waals surface area contributed by atoms with E-state index in [1.165, 1.54) is 0 Å². The highest BCUT2D eigenvalue weighted by Gasteiger charge is 2.25. The molecule has 0 radical (unpaired) electrons. The van der Waals surface area contributed by atoms with E-state index in [4.69, 9.17) is 5.26 Å². The lowest BCUT2D eigenvalue weighted by Crippen LogP contribution is -2.01. The minimum atomic E-state index is -0.541. The van der Waals surface area contributed by atoms with Crippen molar-refractivity contribution in [1.82, 2.24) is 20.2 Å². The van der Waals surface area contributed by atoms with Crippen LogP contribution in [0.25, 0.3) is 11.4 Å². The summed E-state index contributed by atoms with van der Waals surface area (Å²) in [6.45, 7) is 0. The van der Waals surface area contributed by atoms with Gasteiger partial charge in [0.1, 0.15) is 0 Å². The molecule has 1 aliphatic carbocycles. The Labute approximate surface area is 146 Å². The van der Waals surface area contributed by atoms with Gasteiger partial charge in [0.05, 0.1) is 18.7 Å². The van der Waals surface area contributed by atoms with Crippen molar-refractivity contribution in [2.24, 2.45) is 0 Å². The Hall–Kier alpha value is -3.27. The van der Waals surface area contributed by atoms with Gasteiger partial charge in [0, 0.05) is 26.1 Å². The van der Waals surface area contributed by atoms with E-state index in [-0.39, 0.29) is 8.67 Å². The van der Waals surface area contributed by atoms with Crippen LogP contribution >= 0.6 is 0 Å². The number of hydrogen-bond donors (Lipinski definition) is 2. The van der Waals surface area contributed by atoms with Gasteiger partial charge in [0.15, 0.2) is 23.3 Å². The molecule has 0 unspecified atom stereocenters. The summed E-state index contributed by atoms with van der Waals surface area (Å²) in [6.07, 6.45) is 3.81. The van der Waals surface area contributed by atoms with Crippen LogP contribution < -0.4 is 5.32 Å². The van der Waals surface area contributed by atoms with Crippen molar-refractivity contribution < 1.29 is 7.24 Å². The molecular weight excluding hydrogens is 319 g/mol. The van der Waals surface area contributed by atoms with Crippen LogP contribution in [-0.2, 0) is 6.42 Å². The SMILES string of the molecule is N#CCc1ccc(-c2ncc(F)c(Nc3cc(C4CC4)[nH]n3)n2)cc1.[HH].[HH]. The first-order valence-electron chi connectivity index (χ1n) is 8.04. The standard InChI is InChI=1S/C18H15FN6.2H2/c19-14-10-21-17(13-3-1-11(2-4-13)7-8-20)23-18(14)22-16-9-15(24-25-16)12-5-6-12;;/h1-4,9-10,12H,5-7H2,(H2,21,22,23,24,25);2*1H. The molecule has 3 aromatic rings. The largest absolute Gasteiger partial charge is 0.321 e. The number of aromatic amines is 1. The Morgan fingerprint density at radius 1 is 1.32 bits per heavy atom. The first-order chi connectivity index (χ1) is 12.2. The Balaban J connectivity index is 0.00000131. The Morgan fingerprint density at radius 2 is 2.12 bits per heavy atom. The quantitative estimate of drug-likeness (QED) is 0.728. The number of aromatic nitrogens is 4. The topological polar surface area (TPSA) is 90.3 Å². The number of nitrogens with zero attached hydrogens (tertiary/aromatic N) is 4. The average Bonchev–Trinajstić information content (AvgIpc) is 3.37. The van der Waals surface area contributed by atoms with E-state index in [0.717, 1.165) is 35.9 Å². The summed E-state index contributed by atoms with van der Waals surface area (Å²) in [5, 5.41) is 18.7. The van der Waals surface area contributed by atoms with Crippen LogP contribution in [0.1, 0.15) is 32.9 Å². The Morgan fingerprint density at radius 3 is 2.84 bits per heavy atom. The van der Waals surface area contributed by atoms with Crippen LogP contribution in [0.2, 0.25) is 0 Å². The molecule has 128 valence electrons. The van der Waals surface area contributed by atoms with E-state index in [0.29, 0.717) is 24.0 Å². The van der Waals surface area contributed by atoms with Crippen LogP contribution in [0.15, 0.2) is 36.5 Å². The average molecular weight is 338 g/mol. The van der Waals surface area contributed by atoms with E-state index in [1.54, 1.807) is 0 Å². The highest BCUT2D eigenvalue weighted by Crippen LogP contribution is 2.39. The summed E-state index contributed by atoms with van der Waals surface area (Å²) in [4.78, 5) is 8.32. The van der Waals surface area contributed by atoms with Crippen LogP contribution in [0, 0.1) is 17.1 Å². The molecule has 0 saturated heterocycles. The van der Waals surface area contributed by atoms with Gasteiger partial charge >= 0.3 is 0 Å². The lowest BCUT2D eigenvalue weighted by atomic mass is 10.1. The fourth-order valence-electron chi connectivity index (χ4n) is 2.58. The molecule has 0 aliphatic heterocycles. The molecule has 6 nitrogen and oxygen atoms in total. The molecule has 7 heteroatoms. The third kappa shape index (κ3) is 3.33. The summed E-state index contributed by atoms with van der Waals surface area (Å²) < 4.78 is 14.1. The maximum Gasteiger partial charge on any atom is 0.184 e. The molecule has 4 rings (SSSR count). The third-order valence-electron chi connectivity index (χ3n) is 4.10. The normalized spacial score (nSPS) is 13.4. The highest BCUT2D eigenvalue weighted by molar-refractivity contribution is 5.60. The molecule has 1 saturated carbocycles. The molecule has 0 amide bonds. The zero-order chi connectivity index (χ0) is 17.2. The number of benzene rings is 1. The molecule has 2 N–H and O–H groups in total. The van der Waals surface area contributed by atoms with Gasteiger partial charge in [-0.05, 0) is 18.4 Å². The molecule has 1 fully saturated rings. The second-order valence-corrected chi connectivity index (χ2v) is 6.03. The van der Waals surface area contributed by atoms with E-state index in [1.807, 2.05) is 30.3 Å². The zero-order valence-electron chi connectivity index (χ0n) is 13.3. The van der Waals surface area contributed by atoms with Crippen LogP contribution in [0.3, 0.4) is 0 Å². The lowest BCUT2D eigenvalue weighted by Gasteiger charge is -2.06. The number of anilines is 2. The molecule has 0 atom stereocenters. The van der Waals surface area contributed by atoms with E-state index >= 15 is 0 Å². The molecule has 1 aliphatic rings. The number of nitrogens with one attached hydrogen (secondary N) is 2. The summed E-state index contributed by atoms with van der Waals surface area (Å²) in [7, 11) is 0. The van der Waals surface area contributed by atoms with E-state index in [2.05, 4.69) is 31.6 Å². The van der Waals surface area contributed by atoms with Gasteiger partial charge in [-0.25, -0.2) is 14.4 Å². The zero-order valence-corrected chi connectivity index (χ0v) is 13.3. The van der Waals surface area contributed by atoms with Crippen molar-refractivity contribution in [3.63, 3.8) is 0 Å². The first kappa shape index (κ1) is 15.3. The minimum absolute atomic E-state index is 0. The fourth-order valence-corrected chi connectivity index (χ4v) is 2.58. The van der Waals surface area contributed by atoms with Gasteiger partial charge in [-0.3, -0.25) is 5.10 Å². The first-order valence-corrected chi connectivity index (χ1v) is 8.04. The molecule has 2 heterocycles. The van der Waals surface area contributed by atoms with Gasteiger partial charge < -0.3 is 5.32 Å². The fraction of sp³-hybridized carbons (Fsp3) is 0.222. The van der Waals surface area contributed by atoms with Crippen molar-refractivity contribution in [2.45, 2.75) is 25.2 Å². The second-order valence-electron chi connectivity index (χ2n) is 6.03. The summed E-state index contributed by atoms with van der Waals surface area (Å²) in [6, 6.07) is 11.3. The monoisotopic (exact) mass is 338 g/mol. The van der Waals surface area contributed by atoms with Crippen LogP contribution in [0.5, 0.6) is 0 Å². The van der Waals surface area contributed by atoms with Crippen molar-refractivity contribution in [3.05, 3.63) is 53.6 Å². The molecular formula is C18H19FN6. The highest BCUT2D eigenvalue weighted by atomic mass is 19.1. The van der Waals surface area contributed by atoms with Gasteiger partial charge in [0.2, 0.25) is 0 Å². The summed E-state index contributed by atoms with van der Waals surface area (Å²) >= 11 is 0. The molecule has 25 heavy (non-hydrogen) atoms. The van der Waals surface area contributed by atoms with Gasteiger partial charge in [-0.2, -0.15) is 10.4 Å².